The number of carboxylic acids is 1. The average molecular weight is 232 g/mol. The maximum absolute atomic E-state index is 10.4. The largest absolute Gasteiger partial charge is 0.478 e. The molecular formula is C11H20O5. The number of hydrogen-bond acceptors (Lipinski definition) is 4. The molecule has 5 nitrogen and oxygen atoms in total. The van der Waals surface area contributed by atoms with Crippen molar-refractivity contribution in [3.05, 3.63) is 12.2 Å². The number of rotatable bonds is 9. The zero-order chi connectivity index (χ0) is 12.6. The molecule has 2 atom stereocenters. The fraction of sp³-hybridized carbons (Fsp3) is 0.727. The van der Waals surface area contributed by atoms with E-state index in [4.69, 9.17) is 15.3 Å². The molecule has 0 aromatic rings. The maximum atomic E-state index is 10.4. The molecule has 2 unspecified atom stereocenters. The molecule has 0 aliphatic rings. The third kappa shape index (κ3) is 7.39. The highest BCUT2D eigenvalue weighted by Crippen LogP contribution is 2.11. The van der Waals surface area contributed by atoms with Crippen LogP contribution in [0, 0.1) is 0 Å². The Bertz CT molecular complexity index is 226. The molecule has 0 saturated heterocycles. The van der Waals surface area contributed by atoms with Crippen LogP contribution in [-0.4, -0.2) is 45.2 Å². The van der Waals surface area contributed by atoms with E-state index in [0.717, 1.165) is 0 Å². The lowest BCUT2D eigenvalue weighted by Crippen LogP contribution is -2.16. The van der Waals surface area contributed by atoms with Crippen LogP contribution in [-0.2, 0) is 4.79 Å². The number of aliphatic hydroxyl groups is 3. The number of carbonyl (C=O) groups is 1. The molecule has 0 aromatic heterocycles. The monoisotopic (exact) mass is 232 g/mol. The van der Waals surface area contributed by atoms with Crippen LogP contribution in [0.15, 0.2) is 12.2 Å². The topological polar surface area (TPSA) is 98.0 Å². The van der Waals surface area contributed by atoms with Crippen LogP contribution < -0.4 is 0 Å². The van der Waals surface area contributed by atoms with Crippen molar-refractivity contribution in [2.24, 2.45) is 0 Å². The van der Waals surface area contributed by atoms with E-state index in [1.54, 1.807) is 0 Å². The third-order valence-corrected chi connectivity index (χ3v) is 2.36. The van der Waals surface area contributed by atoms with Crippen molar-refractivity contribution in [1.29, 1.82) is 0 Å². The van der Waals surface area contributed by atoms with Crippen molar-refractivity contribution in [2.75, 3.05) is 6.61 Å². The first-order chi connectivity index (χ1) is 7.47. The highest BCUT2D eigenvalue weighted by atomic mass is 16.4. The summed E-state index contributed by atoms with van der Waals surface area (Å²) in [6.45, 7) is 3.08. The summed E-state index contributed by atoms with van der Waals surface area (Å²) in [5.74, 6) is -1.01. The van der Waals surface area contributed by atoms with Gasteiger partial charge in [-0.3, -0.25) is 0 Å². The van der Waals surface area contributed by atoms with E-state index in [-0.39, 0.29) is 12.2 Å². The van der Waals surface area contributed by atoms with Crippen molar-refractivity contribution in [2.45, 2.75) is 44.3 Å². The summed E-state index contributed by atoms with van der Waals surface area (Å²) in [5.41, 5.74) is 0.141. The minimum atomic E-state index is -1.01. The van der Waals surface area contributed by atoms with Crippen molar-refractivity contribution < 1.29 is 25.2 Å². The van der Waals surface area contributed by atoms with Crippen LogP contribution in [0.1, 0.15) is 32.1 Å². The van der Waals surface area contributed by atoms with E-state index >= 15 is 0 Å². The molecule has 0 spiro atoms. The van der Waals surface area contributed by atoms with Gasteiger partial charge in [0.1, 0.15) is 0 Å². The standard InChI is InChI=1S/C11H20O5/c1-8(11(15)16)3-2-4-9(13)5-6-10(14)7-12/h9-10,12-14H,1-7H2,(H,15,16). The van der Waals surface area contributed by atoms with Gasteiger partial charge in [0.25, 0.3) is 0 Å². The Morgan fingerprint density at radius 2 is 1.69 bits per heavy atom. The molecule has 0 rings (SSSR count). The van der Waals surface area contributed by atoms with Gasteiger partial charge >= 0.3 is 5.97 Å². The van der Waals surface area contributed by atoms with Gasteiger partial charge in [-0.1, -0.05) is 6.58 Å². The van der Waals surface area contributed by atoms with E-state index in [1.165, 1.54) is 0 Å². The molecule has 5 heteroatoms. The highest BCUT2D eigenvalue weighted by molar-refractivity contribution is 5.85. The van der Waals surface area contributed by atoms with Gasteiger partial charge in [0, 0.05) is 5.57 Å². The van der Waals surface area contributed by atoms with Crippen LogP contribution in [0.3, 0.4) is 0 Å². The molecule has 0 aromatic carbocycles. The van der Waals surface area contributed by atoms with Gasteiger partial charge in [0.2, 0.25) is 0 Å². The predicted octanol–water partition coefficient (Wildman–Crippen LogP) is 0.292. The van der Waals surface area contributed by atoms with Crippen molar-refractivity contribution >= 4 is 5.97 Å². The predicted molar refractivity (Wildman–Crippen MR) is 59.0 cm³/mol. The molecule has 0 heterocycles. The number of aliphatic hydroxyl groups excluding tert-OH is 3. The molecule has 16 heavy (non-hydrogen) atoms. The van der Waals surface area contributed by atoms with Gasteiger partial charge in [-0.25, -0.2) is 4.79 Å². The van der Waals surface area contributed by atoms with E-state index in [2.05, 4.69) is 6.58 Å². The summed E-state index contributed by atoms with van der Waals surface area (Å²) in [4.78, 5) is 10.4. The fourth-order valence-corrected chi connectivity index (χ4v) is 1.28. The van der Waals surface area contributed by atoms with Crippen LogP contribution in [0.2, 0.25) is 0 Å². The van der Waals surface area contributed by atoms with Gasteiger partial charge in [0.15, 0.2) is 0 Å². The van der Waals surface area contributed by atoms with Crippen molar-refractivity contribution in [3.8, 4) is 0 Å². The first-order valence-corrected chi connectivity index (χ1v) is 5.35. The molecule has 0 fully saturated rings. The average Bonchev–Trinajstić information content (AvgIpc) is 2.25. The van der Waals surface area contributed by atoms with Gasteiger partial charge in [-0.15, -0.1) is 0 Å². The molecule has 94 valence electrons. The second-order valence-electron chi connectivity index (χ2n) is 3.87. The Kier molecular flexibility index (Phi) is 7.80. The van der Waals surface area contributed by atoms with Gasteiger partial charge < -0.3 is 20.4 Å². The lowest BCUT2D eigenvalue weighted by atomic mass is 10.0. The quantitative estimate of drug-likeness (QED) is 0.428. The van der Waals surface area contributed by atoms with Crippen LogP contribution in [0.4, 0.5) is 0 Å². The Morgan fingerprint density at radius 3 is 2.19 bits per heavy atom. The minimum absolute atomic E-state index is 0.141. The van der Waals surface area contributed by atoms with Crippen LogP contribution >= 0.6 is 0 Å². The zero-order valence-corrected chi connectivity index (χ0v) is 9.30. The molecular weight excluding hydrogens is 212 g/mol. The summed E-state index contributed by atoms with van der Waals surface area (Å²) in [6.07, 6.45) is 0.783. The summed E-state index contributed by atoms with van der Waals surface area (Å²) < 4.78 is 0. The lowest BCUT2D eigenvalue weighted by Gasteiger charge is -2.12. The van der Waals surface area contributed by atoms with E-state index < -0.39 is 18.2 Å². The molecule has 4 N–H and O–H groups in total. The van der Waals surface area contributed by atoms with E-state index in [9.17, 15) is 9.90 Å². The first-order valence-electron chi connectivity index (χ1n) is 5.35. The maximum Gasteiger partial charge on any atom is 0.330 e. The highest BCUT2D eigenvalue weighted by Gasteiger charge is 2.09. The van der Waals surface area contributed by atoms with E-state index in [0.29, 0.717) is 32.1 Å². The van der Waals surface area contributed by atoms with Gasteiger partial charge in [-0.05, 0) is 32.1 Å². The second kappa shape index (κ2) is 8.27. The van der Waals surface area contributed by atoms with Crippen molar-refractivity contribution in [3.63, 3.8) is 0 Å². The van der Waals surface area contributed by atoms with Gasteiger partial charge in [0.05, 0.1) is 18.8 Å². The third-order valence-electron chi connectivity index (χ3n) is 2.36. The molecule has 0 amide bonds. The lowest BCUT2D eigenvalue weighted by molar-refractivity contribution is -0.132. The first kappa shape index (κ1) is 15.1. The molecule has 0 saturated carbocycles. The summed E-state index contributed by atoms with van der Waals surface area (Å²) in [6, 6.07) is 0. The Hall–Kier alpha value is -0.910. The Balaban J connectivity index is 3.54. The normalized spacial score (nSPS) is 14.4. The Morgan fingerprint density at radius 1 is 1.12 bits per heavy atom. The number of carboxylic acid groups (broad SMARTS) is 1. The van der Waals surface area contributed by atoms with Crippen molar-refractivity contribution in [1.82, 2.24) is 0 Å². The fourth-order valence-electron chi connectivity index (χ4n) is 1.28. The van der Waals surface area contributed by atoms with Crippen LogP contribution in [0.5, 0.6) is 0 Å². The Labute approximate surface area is 95.0 Å². The molecule has 0 bridgehead atoms. The minimum Gasteiger partial charge on any atom is -0.478 e. The smallest absolute Gasteiger partial charge is 0.330 e. The zero-order valence-electron chi connectivity index (χ0n) is 9.30. The molecule has 0 aliphatic carbocycles. The summed E-state index contributed by atoms with van der Waals surface area (Å²) in [7, 11) is 0. The molecule has 0 aliphatic heterocycles. The van der Waals surface area contributed by atoms with Crippen LogP contribution in [0.25, 0.3) is 0 Å². The molecule has 0 radical (unpaired) electrons. The summed E-state index contributed by atoms with van der Waals surface area (Å²) in [5, 5.41) is 35.6. The van der Waals surface area contributed by atoms with E-state index in [1.807, 2.05) is 0 Å². The SMILES string of the molecule is C=C(CCCC(O)CCC(O)CO)C(=O)O. The second-order valence-corrected chi connectivity index (χ2v) is 3.87. The van der Waals surface area contributed by atoms with Gasteiger partial charge in [-0.2, -0.15) is 0 Å². The number of aliphatic carboxylic acids is 1. The summed E-state index contributed by atoms with van der Waals surface area (Å²) >= 11 is 0. The number of hydrogen-bond donors (Lipinski definition) is 4.